The second-order valence-corrected chi connectivity index (χ2v) is 5.44. The topological polar surface area (TPSA) is 58.4 Å². The third-order valence-corrected chi connectivity index (χ3v) is 3.78. The molecule has 3 aromatic rings. The Bertz CT molecular complexity index is 831. The van der Waals surface area contributed by atoms with Gasteiger partial charge >= 0.3 is 6.03 Å². The molecule has 0 saturated carbocycles. The molecule has 0 aliphatic carbocycles. The zero-order valence-electron chi connectivity index (χ0n) is 12.6. The van der Waals surface area contributed by atoms with E-state index in [9.17, 15) is 4.79 Å². The van der Waals surface area contributed by atoms with E-state index in [0.29, 0.717) is 29.4 Å². The molecule has 1 heterocycles. The van der Waals surface area contributed by atoms with Crippen LogP contribution in [0.3, 0.4) is 0 Å². The van der Waals surface area contributed by atoms with Crippen LogP contribution in [0.5, 0.6) is 0 Å². The molecule has 0 aliphatic heterocycles. The standard InChI is InChI=1S/C17H16ClN3O2/c1-2-21(13-7-5-6-12(18)10-13)17(22)19-11-15-14-8-3-4-9-16(14)23-20-15/h3-10H,2,11H2,1H3,(H,19,22). The van der Waals surface area contributed by atoms with Gasteiger partial charge in [-0.05, 0) is 37.3 Å². The second-order valence-electron chi connectivity index (χ2n) is 5.01. The van der Waals surface area contributed by atoms with Gasteiger partial charge in [-0.3, -0.25) is 4.90 Å². The van der Waals surface area contributed by atoms with Gasteiger partial charge in [0, 0.05) is 22.6 Å². The van der Waals surface area contributed by atoms with Crippen LogP contribution < -0.4 is 10.2 Å². The molecular weight excluding hydrogens is 314 g/mol. The molecule has 118 valence electrons. The number of carbonyl (C=O) groups excluding carboxylic acids is 1. The molecule has 0 aliphatic rings. The molecule has 0 fully saturated rings. The highest BCUT2D eigenvalue weighted by atomic mass is 35.5. The van der Waals surface area contributed by atoms with Crippen molar-refractivity contribution in [2.24, 2.45) is 0 Å². The molecule has 0 bridgehead atoms. The first-order chi connectivity index (χ1) is 11.2. The normalized spacial score (nSPS) is 10.7. The smallest absolute Gasteiger partial charge is 0.322 e. The van der Waals surface area contributed by atoms with Crippen LogP contribution in [0.4, 0.5) is 10.5 Å². The summed E-state index contributed by atoms with van der Waals surface area (Å²) < 4.78 is 5.24. The molecule has 5 nitrogen and oxygen atoms in total. The monoisotopic (exact) mass is 329 g/mol. The van der Waals surface area contributed by atoms with E-state index in [1.165, 1.54) is 0 Å². The maximum absolute atomic E-state index is 12.4. The number of aromatic nitrogens is 1. The number of fused-ring (bicyclic) bond motifs is 1. The summed E-state index contributed by atoms with van der Waals surface area (Å²) >= 11 is 5.99. The number of carbonyl (C=O) groups is 1. The van der Waals surface area contributed by atoms with E-state index in [4.69, 9.17) is 16.1 Å². The molecule has 2 amide bonds. The van der Waals surface area contributed by atoms with Gasteiger partial charge in [0.2, 0.25) is 0 Å². The van der Waals surface area contributed by atoms with Crippen molar-refractivity contribution in [1.29, 1.82) is 0 Å². The fourth-order valence-corrected chi connectivity index (χ4v) is 2.59. The Morgan fingerprint density at radius 3 is 2.87 bits per heavy atom. The zero-order valence-corrected chi connectivity index (χ0v) is 13.4. The molecule has 23 heavy (non-hydrogen) atoms. The molecule has 0 saturated heterocycles. The predicted molar refractivity (Wildman–Crippen MR) is 90.7 cm³/mol. The van der Waals surface area contributed by atoms with Crippen molar-refractivity contribution in [3.8, 4) is 0 Å². The highest BCUT2D eigenvalue weighted by Gasteiger charge is 2.15. The number of urea groups is 1. The van der Waals surface area contributed by atoms with Crippen LogP contribution in [0.2, 0.25) is 5.02 Å². The van der Waals surface area contributed by atoms with Crippen LogP contribution in [-0.4, -0.2) is 17.7 Å². The van der Waals surface area contributed by atoms with Crippen molar-refractivity contribution < 1.29 is 9.32 Å². The van der Waals surface area contributed by atoms with E-state index in [1.807, 2.05) is 43.3 Å². The lowest BCUT2D eigenvalue weighted by Gasteiger charge is -2.21. The Kier molecular flexibility index (Phi) is 4.48. The van der Waals surface area contributed by atoms with Crippen LogP contribution >= 0.6 is 11.6 Å². The summed E-state index contributed by atoms with van der Waals surface area (Å²) in [6.45, 7) is 2.74. The maximum Gasteiger partial charge on any atom is 0.322 e. The Balaban J connectivity index is 1.73. The lowest BCUT2D eigenvalue weighted by molar-refractivity contribution is 0.246. The average molecular weight is 330 g/mol. The van der Waals surface area contributed by atoms with E-state index >= 15 is 0 Å². The minimum Gasteiger partial charge on any atom is -0.356 e. The van der Waals surface area contributed by atoms with Gasteiger partial charge in [-0.15, -0.1) is 0 Å². The van der Waals surface area contributed by atoms with Crippen molar-refractivity contribution >= 4 is 34.3 Å². The Morgan fingerprint density at radius 2 is 2.09 bits per heavy atom. The number of para-hydroxylation sites is 1. The van der Waals surface area contributed by atoms with Crippen molar-refractivity contribution in [2.75, 3.05) is 11.4 Å². The van der Waals surface area contributed by atoms with Gasteiger partial charge in [0.1, 0.15) is 5.69 Å². The quantitative estimate of drug-likeness (QED) is 0.779. The van der Waals surface area contributed by atoms with Gasteiger partial charge < -0.3 is 9.84 Å². The predicted octanol–water partition coefficient (Wildman–Crippen LogP) is 4.22. The third-order valence-electron chi connectivity index (χ3n) is 3.54. The molecule has 0 spiro atoms. The molecule has 0 radical (unpaired) electrons. The Morgan fingerprint density at radius 1 is 1.26 bits per heavy atom. The van der Waals surface area contributed by atoms with E-state index < -0.39 is 0 Å². The van der Waals surface area contributed by atoms with Crippen LogP contribution in [0.1, 0.15) is 12.6 Å². The highest BCUT2D eigenvalue weighted by Crippen LogP contribution is 2.20. The summed E-state index contributed by atoms with van der Waals surface area (Å²) in [5.41, 5.74) is 2.16. The van der Waals surface area contributed by atoms with Crippen LogP contribution in [0, 0.1) is 0 Å². The van der Waals surface area contributed by atoms with E-state index in [0.717, 1.165) is 11.1 Å². The number of rotatable bonds is 4. The summed E-state index contributed by atoms with van der Waals surface area (Å²) in [5.74, 6) is 0. The molecule has 3 rings (SSSR count). The van der Waals surface area contributed by atoms with Crippen molar-refractivity contribution in [2.45, 2.75) is 13.5 Å². The summed E-state index contributed by atoms with van der Waals surface area (Å²) in [5, 5.41) is 8.37. The van der Waals surface area contributed by atoms with E-state index in [2.05, 4.69) is 10.5 Å². The minimum atomic E-state index is -0.207. The fraction of sp³-hybridized carbons (Fsp3) is 0.176. The lowest BCUT2D eigenvalue weighted by Crippen LogP contribution is -2.39. The van der Waals surface area contributed by atoms with E-state index in [-0.39, 0.29) is 6.03 Å². The van der Waals surface area contributed by atoms with E-state index in [1.54, 1.807) is 17.0 Å². The summed E-state index contributed by atoms with van der Waals surface area (Å²) in [4.78, 5) is 14.0. The maximum atomic E-state index is 12.4. The number of nitrogens with zero attached hydrogens (tertiary/aromatic N) is 2. The van der Waals surface area contributed by atoms with Crippen LogP contribution in [0.25, 0.3) is 11.0 Å². The van der Waals surface area contributed by atoms with Gasteiger partial charge in [0.15, 0.2) is 5.58 Å². The first-order valence-electron chi connectivity index (χ1n) is 7.33. The number of nitrogens with one attached hydrogen (secondary N) is 1. The molecule has 0 unspecified atom stereocenters. The SMILES string of the molecule is CCN(C(=O)NCc1noc2ccccc12)c1cccc(Cl)c1. The molecule has 6 heteroatoms. The summed E-state index contributed by atoms with van der Waals surface area (Å²) in [6.07, 6.45) is 0. The summed E-state index contributed by atoms with van der Waals surface area (Å²) in [7, 11) is 0. The zero-order chi connectivity index (χ0) is 16.2. The Labute approximate surface area is 138 Å². The van der Waals surface area contributed by atoms with Gasteiger partial charge in [0.25, 0.3) is 0 Å². The number of hydrogen-bond donors (Lipinski definition) is 1. The number of amides is 2. The van der Waals surface area contributed by atoms with Crippen LogP contribution in [0.15, 0.2) is 53.1 Å². The fourth-order valence-electron chi connectivity index (χ4n) is 2.41. The number of halogens is 1. The molecule has 1 N–H and O–H groups in total. The molecule has 2 aromatic carbocycles. The Hall–Kier alpha value is -2.53. The molecular formula is C17H16ClN3O2. The van der Waals surface area contributed by atoms with Crippen molar-refractivity contribution in [1.82, 2.24) is 10.5 Å². The highest BCUT2D eigenvalue weighted by molar-refractivity contribution is 6.30. The first kappa shape index (κ1) is 15.4. The summed E-state index contributed by atoms with van der Waals surface area (Å²) in [6, 6.07) is 14.6. The van der Waals surface area contributed by atoms with Gasteiger partial charge in [0.05, 0.1) is 6.54 Å². The van der Waals surface area contributed by atoms with Crippen molar-refractivity contribution in [3.63, 3.8) is 0 Å². The largest absolute Gasteiger partial charge is 0.356 e. The van der Waals surface area contributed by atoms with Gasteiger partial charge in [-0.2, -0.15) is 0 Å². The number of anilines is 1. The first-order valence-corrected chi connectivity index (χ1v) is 7.71. The number of benzene rings is 2. The third kappa shape index (κ3) is 3.29. The second kappa shape index (κ2) is 6.71. The number of hydrogen-bond acceptors (Lipinski definition) is 3. The minimum absolute atomic E-state index is 0.207. The average Bonchev–Trinajstić information content (AvgIpc) is 2.97. The van der Waals surface area contributed by atoms with Gasteiger partial charge in [-0.25, -0.2) is 4.79 Å². The van der Waals surface area contributed by atoms with Crippen LogP contribution in [-0.2, 0) is 6.54 Å². The lowest BCUT2D eigenvalue weighted by atomic mass is 10.2. The van der Waals surface area contributed by atoms with Gasteiger partial charge in [-0.1, -0.05) is 35.0 Å². The molecule has 0 atom stereocenters. The van der Waals surface area contributed by atoms with Crippen molar-refractivity contribution in [3.05, 3.63) is 59.2 Å². The molecule has 1 aromatic heterocycles.